The van der Waals surface area contributed by atoms with E-state index < -0.39 is 0 Å². The summed E-state index contributed by atoms with van der Waals surface area (Å²) in [5, 5.41) is 3.00. The summed E-state index contributed by atoms with van der Waals surface area (Å²) in [6.45, 7) is 7.23. The molecule has 1 aliphatic heterocycles. The number of rotatable bonds is 7. The van der Waals surface area contributed by atoms with Gasteiger partial charge in [0.2, 0.25) is 11.8 Å². The highest BCUT2D eigenvalue weighted by molar-refractivity contribution is 6.01. The maximum Gasteiger partial charge on any atom is 0.227 e. The molecule has 1 heterocycles. The molecule has 1 unspecified atom stereocenters. The molecule has 29 heavy (non-hydrogen) atoms. The van der Waals surface area contributed by atoms with Crippen LogP contribution in [0.15, 0.2) is 42.5 Å². The van der Waals surface area contributed by atoms with Gasteiger partial charge in [-0.05, 0) is 42.0 Å². The van der Waals surface area contributed by atoms with E-state index in [1.807, 2.05) is 43.3 Å². The van der Waals surface area contributed by atoms with Crippen molar-refractivity contribution in [3.8, 4) is 5.75 Å². The van der Waals surface area contributed by atoms with E-state index >= 15 is 0 Å². The van der Waals surface area contributed by atoms with E-state index in [4.69, 9.17) is 4.74 Å². The Morgan fingerprint density at radius 3 is 2.69 bits per heavy atom. The Labute approximate surface area is 173 Å². The van der Waals surface area contributed by atoms with Crippen molar-refractivity contribution in [1.82, 2.24) is 5.32 Å². The van der Waals surface area contributed by atoms with Crippen molar-refractivity contribution in [2.45, 2.75) is 39.5 Å². The molecule has 0 radical (unpaired) electrons. The molecule has 5 nitrogen and oxygen atoms in total. The highest BCUT2D eigenvalue weighted by atomic mass is 16.5. The first kappa shape index (κ1) is 20.9. The smallest absolute Gasteiger partial charge is 0.227 e. The highest BCUT2D eigenvalue weighted by Gasteiger charge is 2.36. The topological polar surface area (TPSA) is 58.6 Å². The Hall–Kier alpha value is -2.82. The van der Waals surface area contributed by atoms with Crippen molar-refractivity contribution >= 4 is 17.5 Å². The van der Waals surface area contributed by atoms with Gasteiger partial charge in [-0.15, -0.1) is 0 Å². The summed E-state index contributed by atoms with van der Waals surface area (Å²) in [4.78, 5) is 27.2. The van der Waals surface area contributed by atoms with E-state index in [1.54, 1.807) is 12.0 Å². The molecule has 1 saturated heterocycles. The van der Waals surface area contributed by atoms with Crippen molar-refractivity contribution in [3.63, 3.8) is 0 Å². The van der Waals surface area contributed by atoms with Crippen LogP contribution in [0.3, 0.4) is 0 Å². The fourth-order valence-electron chi connectivity index (χ4n) is 3.99. The quantitative estimate of drug-likeness (QED) is 0.776. The maximum atomic E-state index is 12.7. The Morgan fingerprint density at radius 1 is 1.21 bits per heavy atom. The van der Waals surface area contributed by atoms with E-state index in [1.165, 1.54) is 0 Å². The molecule has 1 atom stereocenters. The number of ether oxygens (including phenoxy) is 1. The third kappa shape index (κ3) is 4.61. The Kier molecular flexibility index (Phi) is 6.57. The van der Waals surface area contributed by atoms with Crippen molar-refractivity contribution in [1.29, 1.82) is 0 Å². The lowest BCUT2D eigenvalue weighted by molar-refractivity contribution is -0.126. The van der Waals surface area contributed by atoms with Crippen molar-refractivity contribution in [2.75, 3.05) is 25.1 Å². The number of carbonyl (C=O) groups excluding carboxylic acids is 2. The number of benzene rings is 2. The number of nitrogens with zero attached hydrogens (tertiary/aromatic N) is 1. The Balaban J connectivity index is 1.64. The summed E-state index contributed by atoms with van der Waals surface area (Å²) in [5.74, 6) is 0.775. The summed E-state index contributed by atoms with van der Waals surface area (Å²) in [6, 6.07) is 13.9. The number of hydrogen-bond acceptors (Lipinski definition) is 3. The van der Waals surface area contributed by atoms with Crippen LogP contribution in [0.1, 0.15) is 42.9 Å². The first-order valence-electron chi connectivity index (χ1n) is 10.2. The lowest BCUT2D eigenvalue weighted by Gasteiger charge is -2.24. The van der Waals surface area contributed by atoms with E-state index in [9.17, 15) is 9.59 Å². The second-order valence-corrected chi connectivity index (χ2v) is 7.93. The van der Waals surface area contributed by atoms with Crippen LogP contribution in [0.25, 0.3) is 0 Å². The van der Waals surface area contributed by atoms with Gasteiger partial charge in [0, 0.05) is 25.2 Å². The third-order valence-corrected chi connectivity index (χ3v) is 5.54. The zero-order valence-corrected chi connectivity index (χ0v) is 17.7. The minimum absolute atomic E-state index is 0.0195. The number of nitrogens with one attached hydrogen (secondary N) is 1. The average molecular weight is 395 g/mol. The van der Waals surface area contributed by atoms with E-state index in [-0.39, 0.29) is 24.2 Å². The van der Waals surface area contributed by atoms with Crippen LogP contribution in [-0.4, -0.2) is 32.0 Å². The standard InChI is InChI=1S/C24H30N2O3/c1-16(2)20-10-7-8-17(3)23(20)26-15-19(14-22(26)27)24(28)25-13-12-18-9-5-6-11-21(18)29-4/h5-11,16,19H,12-15H2,1-4H3,(H,25,28). The number of amides is 2. The van der Waals surface area contributed by atoms with Crippen LogP contribution >= 0.6 is 0 Å². The van der Waals surface area contributed by atoms with Gasteiger partial charge in [-0.25, -0.2) is 0 Å². The predicted octanol–water partition coefficient (Wildman–Crippen LogP) is 3.84. The van der Waals surface area contributed by atoms with Gasteiger partial charge < -0.3 is 15.0 Å². The molecule has 0 saturated carbocycles. The van der Waals surface area contributed by atoms with Gasteiger partial charge in [-0.3, -0.25) is 9.59 Å². The van der Waals surface area contributed by atoms with Gasteiger partial charge in [0.1, 0.15) is 5.75 Å². The first-order valence-corrected chi connectivity index (χ1v) is 10.2. The number of methoxy groups -OCH3 is 1. The summed E-state index contributed by atoms with van der Waals surface area (Å²) in [7, 11) is 1.65. The molecule has 1 aliphatic rings. The average Bonchev–Trinajstić information content (AvgIpc) is 3.09. The van der Waals surface area contributed by atoms with Crippen LogP contribution in [0.5, 0.6) is 5.75 Å². The Morgan fingerprint density at radius 2 is 1.97 bits per heavy atom. The minimum atomic E-state index is -0.320. The van der Waals surface area contributed by atoms with Gasteiger partial charge in [-0.2, -0.15) is 0 Å². The lowest BCUT2D eigenvalue weighted by atomic mass is 9.97. The van der Waals surface area contributed by atoms with Crippen molar-refractivity contribution < 1.29 is 14.3 Å². The zero-order chi connectivity index (χ0) is 21.0. The fraction of sp³-hybridized carbons (Fsp3) is 0.417. The molecule has 0 aromatic heterocycles. The van der Waals surface area contributed by atoms with Crippen LogP contribution in [-0.2, 0) is 16.0 Å². The number of anilines is 1. The van der Waals surface area contributed by atoms with Gasteiger partial charge >= 0.3 is 0 Å². The molecule has 2 aromatic rings. The number of aryl methyl sites for hydroxylation is 1. The Bertz CT molecular complexity index is 891. The zero-order valence-electron chi connectivity index (χ0n) is 17.7. The molecule has 1 fully saturated rings. The minimum Gasteiger partial charge on any atom is -0.496 e. The first-order chi connectivity index (χ1) is 13.9. The monoisotopic (exact) mass is 394 g/mol. The maximum absolute atomic E-state index is 12.7. The highest BCUT2D eigenvalue weighted by Crippen LogP contribution is 2.35. The lowest BCUT2D eigenvalue weighted by Crippen LogP contribution is -2.34. The summed E-state index contributed by atoms with van der Waals surface area (Å²) < 4.78 is 5.36. The summed E-state index contributed by atoms with van der Waals surface area (Å²) >= 11 is 0. The molecule has 154 valence electrons. The van der Waals surface area contributed by atoms with Crippen molar-refractivity contribution in [2.24, 2.45) is 5.92 Å². The molecule has 3 rings (SSSR count). The SMILES string of the molecule is COc1ccccc1CCNC(=O)C1CC(=O)N(c2c(C)cccc2C(C)C)C1. The van der Waals surface area contributed by atoms with Gasteiger partial charge in [-0.1, -0.05) is 50.2 Å². The van der Waals surface area contributed by atoms with Gasteiger partial charge in [0.25, 0.3) is 0 Å². The summed E-state index contributed by atoms with van der Waals surface area (Å²) in [6.07, 6.45) is 0.946. The second kappa shape index (κ2) is 9.12. The molecule has 1 N–H and O–H groups in total. The second-order valence-electron chi connectivity index (χ2n) is 7.93. The van der Waals surface area contributed by atoms with Crippen LogP contribution in [0.2, 0.25) is 0 Å². The number of para-hydroxylation sites is 2. The molecular weight excluding hydrogens is 364 g/mol. The van der Waals surface area contributed by atoms with Crippen LogP contribution in [0, 0.1) is 12.8 Å². The van der Waals surface area contributed by atoms with Gasteiger partial charge in [0.15, 0.2) is 0 Å². The molecule has 2 aromatic carbocycles. The largest absolute Gasteiger partial charge is 0.496 e. The number of carbonyl (C=O) groups is 2. The predicted molar refractivity (Wildman–Crippen MR) is 115 cm³/mol. The number of hydrogen-bond donors (Lipinski definition) is 1. The van der Waals surface area contributed by atoms with Gasteiger partial charge in [0.05, 0.1) is 13.0 Å². The molecule has 0 spiro atoms. The third-order valence-electron chi connectivity index (χ3n) is 5.54. The molecule has 0 bridgehead atoms. The van der Waals surface area contributed by atoms with Crippen molar-refractivity contribution in [3.05, 3.63) is 59.2 Å². The summed E-state index contributed by atoms with van der Waals surface area (Å²) in [5.41, 5.74) is 4.25. The molecule has 0 aliphatic carbocycles. The molecular formula is C24H30N2O3. The molecule has 5 heteroatoms. The van der Waals surface area contributed by atoms with Crippen LogP contribution in [0.4, 0.5) is 5.69 Å². The fourth-order valence-corrected chi connectivity index (χ4v) is 3.99. The van der Waals surface area contributed by atoms with Crippen LogP contribution < -0.4 is 15.0 Å². The van der Waals surface area contributed by atoms with E-state index in [0.29, 0.717) is 25.4 Å². The normalized spacial score (nSPS) is 16.4. The molecule has 2 amide bonds. The van der Waals surface area contributed by atoms with E-state index in [0.717, 1.165) is 28.1 Å². The van der Waals surface area contributed by atoms with E-state index in [2.05, 4.69) is 25.2 Å².